The average molecular weight is 392 g/mol. The second-order valence-corrected chi connectivity index (χ2v) is 7.23. The van der Waals surface area contributed by atoms with Gasteiger partial charge in [-0.05, 0) is 48.9 Å². The first-order valence-corrected chi connectivity index (χ1v) is 9.31. The van der Waals surface area contributed by atoms with E-state index in [-0.39, 0.29) is 11.5 Å². The van der Waals surface area contributed by atoms with E-state index in [9.17, 15) is 9.59 Å². The molecule has 28 heavy (non-hydrogen) atoms. The largest absolute Gasteiger partial charge is 0.490 e. The van der Waals surface area contributed by atoms with Crippen LogP contribution in [0.5, 0.6) is 5.75 Å². The number of fused-ring (bicyclic) bond motifs is 1. The molecule has 0 fully saturated rings. The van der Waals surface area contributed by atoms with E-state index in [4.69, 9.17) is 9.15 Å². The van der Waals surface area contributed by atoms with Crippen LogP contribution >= 0.6 is 11.3 Å². The molecule has 2 aromatic carbocycles. The first kappa shape index (κ1) is 17.9. The van der Waals surface area contributed by atoms with Gasteiger partial charge in [0, 0.05) is 17.3 Å². The number of methoxy groups -OCH3 is 1. The van der Waals surface area contributed by atoms with Gasteiger partial charge in [-0.3, -0.25) is 9.59 Å². The van der Waals surface area contributed by atoms with E-state index in [0.717, 1.165) is 33.1 Å². The number of ether oxygens (including phenoxy) is 1. The van der Waals surface area contributed by atoms with E-state index in [0.29, 0.717) is 5.69 Å². The molecule has 2 aromatic heterocycles. The number of hydrogen-bond acceptors (Lipinski definition) is 6. The van der Waals surface area contributed by atoms with Crippen molar-refractivity contribution in [1.29, 1.82) is 0 Å². The average Bonchev–Trinajstić information content (AvgIpc) is 3.11. The predicted octanol–water partition coefficient (Wildman–Crippen LogP) is 4.49. The van der Waals surface area contributed by atoms with Crippen LogP contribution in [0.15, 0.2) is 64.0 Å². The lowest BCUT2D eigenvalue weighted by molar-refractivity contribution is 0.0993. The van der Waals surface area contributed by atoms with Crippen molar-refractivity contribution in [2.75, 3.05) is 12.4 Å². The van der Waals surface area contributed by atoms with Crippen LogP contribution in [-0.4, -0.2) is 18.0 Å². The van der Waals surface area contributed by atoms with Crippen LogP contribution in [0.2, 0.25) is 0 Å². The quantitative estimate of drug-likeness (QED) is 0.554. The lowest BCUT2D eigenvalue weighted by Crippen LogP contribution is -2.15. The summed E-state index contributed by atoms with van der Waals surface area (Å²) in [4.78, 5) is 28.7. The number of carbonyl (C=O) groups excluding carboxylic acids is 1. The summed E-state index contributed by atoms with van der Waals surface area (Å²) < 4.78 is 11.1. The number of carbonyl (C=O) groups is 1. The summed E-state index contributed by atoms with van der Waals surface area (Å²) in [6.07, 6.45) is 1.12. The number of nitrogens with zero attached hydrogens (tertiary/aromatic N) is 1. The minimum Gasteiger partial charge on any atom is -0.490 e. The molecule has 0 unspecified atom stereocenters. The third kappa shape index (κ3) is 3.52. The number of aryl methyl sites for hydroxylation is 1. The monoisotopic (exact) mass is 392 g/mol. The number of hydrogen-bond donors (Lipinski definition) is 1. The van der Waals surface area contributed by atoms with Crippen LogP contribution in [0.1, 0.15) is 16.1 Å². The molecule has 140 valence electrons. The molecule has 0 aliphatic carbocycles. The molecule has 1 amide bonds. The molecule has 0 saturated heterocycles. The van der Waals surface area contributed by atoms with Crippen LogP contribution in [0.3, 0.4) is 0 Å². The zero-order valence-electron chi connectivity index (χ0n) is 15.2. The van der Waals surface area contributed by atoms with E-state index in [2.05, 4.69) is 23.3 Å². The Morgan fingerprint density at radius 3 is 2.64 bits per heavy atom. The number of thiazole rings is 1. The fraction of sp³-hybridized carbons (Fsp3) is 0.0952. The topological polar surface area (TPSA) is 81.4 Å². The molecule has 4 rings (SSSR count). The summed E-state index contributed by atoms with van der Waals surface area (Å²) in [7, 11) is 1.36. The Labute approximate surface area is 164 Å². The molecule has 0 radical (unpaired) electrons. The van der Waals surface area contributed by atoms with Gasteiger partial charge in [-0.15, -0.1) is 11.3 Å². The van der Waals surface area contributed by atoms with Crippen molar-refractivity contribution in [3.8, 4) is 16.3 Å². The minimum atomic E-state index is -0.511. The summed E-state index contributed by atoms with van der Waals surface area (Å²) in [5.74, 6) is -0.550. The normalized spacial score (nSPS) is 10.8. The van der Waals surface area contributed by atoms with E-state index >= 15 is 0 Å². The maximum atomic E-state index is 12.3. The van der Waals surface area contributed by atoms with E-state index in [1.54, 1.807) is 23.5 Å². The van der Waals surface area contributed by atoms with Crippen molar-refractivity contribution in [1.82, 2.24) is 4.98 Å². The lowest BCUT2D eigenvalue weighted by atomic mass is 10.2. The smallest absolute Gasteiger partial charge is 0.291 e. The van der Waals surface area contributed by atoms with Crippen molar-refractivity contribution < 1.29 is 13.9 Å². The van der Waals surface area contributed by atoms with Gasteiger partial charge in [-0.25, -0.2) is 4.98 Å². The molecule has 6 nitrogen and oxygen atoms in total. The van der Waals surface area contributed by atoms with Crippen molar-refractivity contribution in [3.05, 3.63) is 76.3 Å². The van der Waals surface area contributed by atoms with Crippen LogP contribution in [0.4, 0.5) is 5.69 Å². The third-order valence-electron chi connectivity index (χ3n) is 4.18. The minimum absolute atomic E-state index is 0.0481. The van der Waals surface area contributed by atoms with Crippen molar-refractivity contribution in [3.63, 3.8) is 0 Å². The maximum Gasteiger partial charge on any atom is 0.291 e. The molecule has 0 aliphatic heterocycles. The summed E-state index contributed by atoms with van der Waals surface area (Å²) in [6, 6.07) is 14.6. The third-order valence-corrected chi connectivity index (χ3v) is 5.24. The molecule has 0 saturated carbocycles. The Morgan fingerprint density at radius 2 is 1.93 bits per heavy atom. The molecule has 0 aliphatic rings. The van der Waals surface area contributed by atoms with Gasteiger partial charge in [0.25, 0.3) is 5.91 Å². The van der Waals surface area contributed by atoms with Gasteiger partial charge >= 0.3 is 0 Å². The number of nitrogens with one attached hydrogen (secondary N) is 1. The number of aromatic nitrogens is 1. The van der Waals surface area contributed by atoms with Crippen LogP contribution in [0.25, 0.3) is 20.8 Å². The van der Waals surface area contributed by atoms with Crippen molar-refractivity contribution in [2.45, 2.75) is 6.92 Å². The molecule has 0 spiro atoms. The van der Waals surface area contributed by atoms with Crippen molar-refractivity contribution in [2.24, 2.45) is 0 Å². The highest BCUT2D eigenvalue weighted by atomic mass is 32.1. The standard InChI is InChI=1S/C21H16N2O4S/c1-12-3-8-15-19(9-12)28-21(23-15)13-4-6-14(7-5-13)22-20(25)17-10-16(24)18(26-2)11-27-17/h3-11H,1-2H3,(H,22,25). The zero-order chi connectivity index (χ0) is 19.7. The first-order valence-electron chi connectivity index (χ1n) is 8.49. The highest BCUT2D eigenvalue weighted by molar-refractivity contribution is 7.21. The number of rotatable bonds is 4. The van der Waals surface area contributed by atoms with Gasteiger partial charge < -0.3 is 14.5 Å². The van der Waals surface area contributed by atoms with Gasteiger partial charge in [0.1, 0.15) is 11.3 Å². The number of amides is 1. The molecule has 0 bridgehead atoms. The van der Waals surface area contributed by atoms with Crippen molar-refractivity contribution >= 4 is 33.1 Å². The van der Waals surface area contributed by atoms with Gasteiger partial charge in [0.05, 0.1) is 17.3 Å². The SMILES string of the molecule is COc1coc(C(=O)Nc2ccc(-c3nc4ccc(C)cc4s3)cc2)cc1=O. The van der Waals surface area contributed by atoms with E-state index in [1.165, 1.54) is 12.7 Å². The Morgan fingerprint density at radius 1 is 1.14 bits per heavy atom. The van der Waals surface area contributed by atoms with E-state index in [1.807, 2.05) is 24.3 Å². The van der Waals surface area contributed by atoms with E-state index < -0.39 is 11.3 Å². The van der Waals surface area contributed by atoms with Crippen LogP contribution in [0, 0.1) is 6.92 Å². The van der Waals surface area contributed by atoms with Gasteiger partial charge in [0.2, 0.25) is 11.2 Å². The molecular formula is C21H16N2O4S. The summed E-state index contributed by atoms with van der Waals surface area (Å²) >= 11 is 1.63. The van der Waals surface area contributed by atoms with Gasteiger partial charge in [-0.1, -0.05) is 6.07 Å². The molecule has 0 atom stereocenters. The molecule has 4 aromatic rings. The van der Waals surface area contributed by atoms with Gasteiger partial charge in [0.15, 0.2) is 5.76 Å². The molecule has 7 heteroatoms. The summed E-state index contributed by atoms with van der Waals surface area (Å²) in [6.45, 7) is 2.06. The highest BCUT2D eigenvalue weighted by Crippen LogP contribution is 2.31. The number of anilines is 1. The Kier molecular flexibility index (Phi) is 4.67. The maximum absolute atomic E-state index is 12.3. The number of benzene rings is 2. The van der Waals surface area contributed by atoms with Gasteiger partial charge in [-0.2, -0.15) is 0 Å². The first-order chi connectivity index (χ1) is 13.5. The predicted molar refractivity (Wildman–Crippen MR) is 109 cm³/mol. The highest BCUT2D eigenvalue weighted by Gasteiger charge is 2.12. The zero-order valence-corrected chi connectivity index (χ0v) is 16.0. The van der Waals surface area contributed by atoms with Crippen LogP contribution < -0.4 is 15.5 Å². The van der Waals surface area contributed by atoms with Crippen LogP contribution in [-0.2, 0) is 0 Å². The second kappa shape index (κ2) is 7.28. The Balaban J connectivity index is 1.53. The fourth-order valence-electron chi connectivity index (χ4n) is 2.71. The fourth-order valence-corrected chi connectivity index (χ4v) is 3.78. The lowest BCUT2D eigenvalue weighted by Gasteiger charge is -2.05. The second-order valence-electron chi connectivity index (χ2n) is 6.20. The summed E-state index contributed by atoms with van der Waals surface area (Å²) in [5.41, 5.74) is 3.31. The molecule has 1 N–H and O–H groups in total. The summed E-state index contributed by atoms with van der Waals surface area (Å²) in [5, 5.41) is 3.62. The Hall–Kier alpha value is -3.45. The Bertz CT molecular complexity index is 1230. The molecular weight excluding hydrogens is 376 g/mol. The molecule has 2 heterocycles.